The molecule has 2 fully saturated rings. The second kappa shape index (κ2) is 12.2. The van der Waals surface area contributed by atoms with E-state index in [9.17, 15) is 41.0 Å². The molecule has 4 heterocycles. The fourth-order valence-electron chi connectivity index (χ4n) is 5.51. The zero-order chi connectivity index (χ0) is 33.8. The third-order valence-corrected chi connectivity index (χ3v) is 8.55. The average Bonchev–Trinajstić information content (AvgIpc) is 3.57. The van der Waals surface area contributed by atoms with E-state index < -0.39 is 69.7 Å². The van der Waals surface area contributed by atoms with Crippen LogP contribution in [-0.4, -0.2) is 59.4 Å². The largest absolute Gasteiger partial charge is 0.420 e. The van der Waals surface area contributed by atoms with Crippen LogP contribution in [0.1, 0.15) is 65.6 Å². The van der Waals surface area contributed by atoms with Gasteiger partial charge in [0.1, 0.15) is 5.69 Å². The topological polar surface area (TPSA) is 139 Å². The number of anilines is 2. The molecule has 246 valence electrons. The van der Waals surface area contributed by atoms with Gasteiger partial charge in [-0.05, 0) is 31.7 Å². The standard InChI is InChI=1S/C29H23ClF6N8O3/c1-12(14-6-38-28(39-7-14)43-10-13-2-3-16(13)27(43)47)44-11-15(8-40-44)41-26(46)23-22(24(45)29(34,35)36)37-9-19(42-23)20-17(25(32)33)4-5-18(30)21(20)31/h4-9,11-13,16,24-25,45H,2-3,10H2,1H3,(H,41,46)/t12-,13+,16+,24?/m0/s1. The minimum Gasteiger partial charge on any atom is -0.378 e. The third kappa shape index (κ3) is 6.00. The van der Waals surface area contributed by atoms with Gasteiger partial charge in [-0.3, -0.25) is 24.2 Å². The number of benzene rings is 1. The van der Waals surface area contributed by atoms with E-state index in [1.165, 1.54) is 29.5 Å². The summed E-state index contributed by atoms with van der Waals surface area (Å²) in [6, 6.07) is 1.15. The molecule has 1 saturated heterocycles. The molecule has 1 aliphatic heterocycles. The lowest BCUT2D eigenvalue weighted by Crippen LogP contribution is -2.29. The van der Waals surface area contributed by atoms with E-state index in [4.69, 9.17) is 11.6 Å². The van der Waals surface area contributed by atoms with Crippen LogP contribution in [0, 0.1) is 17.7 Å². The van der Waals surface area contributed by atoms with Crippen LogP contribution in [-0.2, 0) is 4.79 Å². The van der Waals surface area contributed by atoms with Gasteiger partial charge in [-0.15, -0.1) is 0 Å². The van der Waals surface area contributed by atoms with Crippen LogP contribution in [0.15, 0.2) is 43.1 Å². The zero-order valence-corrected chi connectivity index (χ0v) is 24.8. The molecule has 3 aromatic heterocycles. The lowest BCUT2D eigenvalue weighted by molar-refractivity contribution is -0.208. The van der Waals surface area contributed by atoms with Crippen LogP contribution in [0.25, 0.3) is 11.3 Å². The minimum absolute atomic E-state index is 0.00260. The highest BCUT2D eigenvalue weighted by Crippen LogP contribution is 2.42. The number of hydrogen-bond acceptors (Lipinski definition) is 8. The molecular formula is C29H23ClF6N8O3. The van der Waals surface area contributed by atoms with Crippen molar-refractivity contribution in [2.45, 2.75) is 44.5 Å². The molecule has 6 rings (SSSR count). The Labute approximate surface area is 266 Å². The molecule has 2 aliphatic rings. The summed E-state index contributed by atoms with van der Waals surface area (Å²) in [5.41, 5.74) is -4.30. The van der Waals surface area contributed by atoms with Gasteiger partial charge in [-0.1, -0.05) is 17.7 Å². The normalized spacial score (nSPS) is 19.0. The van der Waals surface area contributed by atoms with Crippen molar-refractivity contribution in [2.75, 3.05) is 16.8 Å². The molecule has 1 saturated carbocycles. The predicted molar refractivity (Wildman–Crippen MR) is 153 cm³/mol. The van der Waals surface area contributed by atoms with Crippen molar-refractivity contribution in [2.24, 2.45) is 11.8 Å². The Kier molecular flexibility index (Phi) is 8.38. The van der Waals surface area contributed by atoms with Crippen LogP contribution >= 0.6 is 11.6 Å². The summed E-state index contributed by atoms with van der Waals surface area (Å²) in [6.07, 6.45) is -3.91. The molecule has 4 atom stereocenters. The minimum atomic E-state index is -5.29. The van der Waals surface area contributed by atoms with E-state index >= 15 is 0 Å². The van der Waals surface area contributed by atoms with Gasteiger partial charge in [0.15, 0.2) is 17.6 Å². The number of carbonyl (C=O) groups is 2. The molecular weight excluding hydrogens is 658 g/mol. The molecule has 2 amide bonds. The first-order chi connectivity index (χ1) is 22.2. The summed E-state index contributed by atoms with van der Waals surface area (Å²) < 4.78 is 84.1. The number of nitrogens with zero attached hydrogens (tertiary/aromatic N) is 7. The van der Waals surface area contributed by atoms with E-state index in [0.717, 1.165) is 25.0 Å². The summed E-state index contributed by atoms with van der Waals surface area (Å²) >= 11 is 5.75. The Balaban J connectivity index is 1.26. The summed E-state index contributed by atoms with van der Waals surface area (Å²) in [7, 11) is 0. The second-order valence-corrected chi connectivity index (χ2v) is 11.5. The SMILES string of the molecule is C[C@@H](c1cnc(N2C[C@H]3CC[C@H]3C2=O)nc1)n1cc(NC(=O)c2nc(-c3c(C(F)F)ccc(Cl)c3F)cnc2C(O)C(F)(F)F)cn1. The van der Waals surface area contributed by atoms with Gasteiger partial charge >= 0.3 is 6.18 Å². The zero-order valence-electron chi connectivity index (χ0n) is 24.1. The number of aliphatic hydroxyl groups is 1. The number of halogens is 7. The number of carbonyl (C=O) groups excluding carboxylic acids is 2. The van der Waals surface area contributed by atoms with Crippen molar-refractivity contribution in [1.29, 1.82) is 0 Å². The van der Waals surface area contributed by atoms with Crippen LogP contribution in [0.3, 0.4) is 0 Å². The highest BCUT2D eigenvalue weighted by atomic mass is 35.5. The molecule has 18 heteroatoms. The number of aromatic nitrogens is 6. The number of amides is 2. The molecule has 1 unspecified atom stereocenters. The fourth-order valence-corrected chi connectivity index (χ4v) is 5.67. The van der Waals surface area contributed by atoms with Crippen molar-refractivity contribution in [3.8, 4) is 11.3 Å². The maximum atomic E-state index is 14.9. The molecule has 11 nitrogen and oxygen atoms in total. The number of nitrogens with one attached hydrogen (secondary N) is 1. The van der Waals surface area contributed by atoms with Crippen LogP contribution in [0.2, 0.25) is 5.02 Å². The predicted octanol–water partition coefficient (Wildman–Crippen LogP) is 5.69. The lowest BCUT2D eigenvalue weighted by Gasteiger charge is -2.25. The summed E-state index contributed by atoms with van der Waals surface area (Å²) in [4.78, 5) is 43.2. The number of rotatable bonds is 8. The van der Waals surface area contributed by atoms with Crippen molar-refractivity contribution < 1.29 is 41.0 Å². The Morgan fingerprint density at radius 1 is 1.11 bits per heavy atom. The first-order valence-electron chi connectivity index (χ1n) is 14.1. The number of hydrogen-bond donors (Lipinski definition) is 2. The summed E-state index contributed by atoms with van der Waals surface area (Å²) in [5, 5.41) is 15.8. The molecule has 0 spiro atoms. The van der Waals surface area contributed by atoms with Crippen LogP contribution in [0.5, 0.6) is 0 Å². The fraction of sp³-hybridized carbons (Fsp3) is 0.345. The van der Waals surface area contributed by atoms with E-state index in [1.54, 1.807) is 11.8 Å². The molecule has 4 aromatic rings. The maximum absolute atomic E-state index is 14.9. The second-order valence-electron chi connectivity index (χ2n) is 11.1. The lowest BCUT2D eigenvalue weighted by atomic mass is 9.76. The van der Waals surface area contributed by atoms with E-state index in [-0.39, 0.29) is 23.5 Å². The Bertz CT molecular complexity index is 1850. The molecule has 2 N–H and O–H groups in total. The van der Waals surface area contributed by atoms with Gasteiger partial charge in [0.2, 0.25) is 11.9 Å². The Hall–Kier alpha value is -4.64. The monoisotopic (exact) mass is 680 g/mol. The number of alkyl halides is 5. The van der Waals surface area contributed by atoms with Crippen molar-refractivity contribution in [1.82, 2.24) is 29.7 Å². The number of aliphatic hydroxyl groups excluding tert-OH is 1. The maximum Gasteiger partial charge on any atom is 0.420 e. The average molecular weight is 681 g/mol. The first-order valence-corrected chi connectivity index (χ1v) is 14.5. The van der Waals surface area contributed by atoms with Crippen LogP contribution in [0.4, 0.5) is 38.0 Å². The highest BCUT2D eigenvalue weighted by molar-refractivity contribution is 6.31. The molecule has 47 heavy (non-hydrogen) atoms. The highest BCUT2D eigenvalue weighted by Gasteiger charge is 2.47. The Morgan fingerprint density at radius 3 is 2.43 bits per heavy atom. The van der Waals surface area contributed by atoms with Crippen molar-refractivity contribution in [3.63, 3.8) is 0 Å². The van der Waals surface area contributed by atoms with E-state index in [0.29, 0.717) is 24.2 Å². The van der Waals surface area contributed by atoms with Gasteiger partial charge < -0.3 is 10.4 Å². The van der Waals surface area contributed by atoms with Crippen molar-refractivity contribution in [3.05, 3.63) is 76.5 Å². The van der Waals surface area contributed by atoms with Crippen LogP contribution < -0.4 is 10.2 Å². The molecule has 1 aliphatic carbocycles. The Morgan fingerprint density at radius 2 is 1.83 bits per heavy atom. The van der Waals surface area contributed by atoms with Gasteiger partial charge in [-0.25, -0.2) is 28.1 Å². The van der Waals surface area contributed by atoms with E-state index in [2.05, 4.69) is 30.4 Å². The number of fused-ring (bicyclic) bond motifs is 1. The molecule has 1 aromatic carbocycles. The quantitative estimate of drug-likeness (QED) is 0.226. The van der Waals surface area contributed by atoms with Gasteiger partial charge in [0.05, 0.1) is 34.8 Å². The molecule has 0 radical (unpaired) electrons. The third-order valence-electron chi connectivity index (χ3n) is 8.26. The van der Waals surface area contributed by atoms with Gasteiger partial charge in [-0.2, -0.15) is 18.3 Å². The van der Waals surface area contributed by atoms with E-state index in [1.807, 2.05) is 0 Å². The summed E-state index contributed by atoms with van der Waals surface area (Å²) in [5.74, 6) is -2.07. The van der Waals surface area contributed by atoms with Gasteiger partial charge in [0, 0.05) is 47.7 Å². The smallest absolute Gasteiger partial charge is 0.378 e. The van der Waals surface area contributed by atoms with Crippen molar-refractivity contribution >= 4 is 35.1 Å². The van der Waals surface area contributed by atoms with Gasteiger partial charge in [0.25, 0.3) is 12.3 Å². The summed E-state index contributed by atoms with van der Waals surface area (Å²) in [6.45, 7) is 2.29. The molecule has 0 bridgehead atoms. The first kappa shape index (κ1) is 32.3.